The van der Waals surface area contributed by atoms with E-state index in [2.05, 4.69) is 54.2 Å². The van der Waals surface area contributed by atoms with E-state index in [4.69, 9.17) is 0 Å². The molecule has 0 radical (unpaired) electrons. The molecule has 2 bridgehead atoms. The second-order valence-corrected chi connectivity index (χ2v) is 7.70. The number of fused-ring (bicyclic) bond motifs is 4. The number of benzene rings is 1. The highest BCUT2D eigenvalue weighted by Crippen LogP contribution is 2.47. The maximum absolute atomic E-state index is 12.2. The molecule has 1 aliphatic carbocycles. The van der Waals surface area contributed by atoms with Gasteiger partial charge in [0.25, 0.3) is 0 Å². The van der Waals surface area contributed by atoms with Gasteiger partial charge in [0.2, 0.25) is 0 Å². The molecule has 3 heterocycles. The maximum Gasteiger partial charge on any atom is 0.138 e. The molecular formula is C20H26N2O. The fourth-order valence-corrected chi connectivity index (χ4v) is 4.79. The number of carbonyl (C=O) groups is 1. The first-order chi connectivity index (χ1) is 11.1. The van der Waals surface area contributed by atoms with Crippen LogP contribution in [-0.2, 0) is 11.2 Å². The van der Waals surface area contributed by atoms with Crippen LogP contribution in [0, 0.1) is 11.3 Å². The minimum atomic E-state index is 0.271. The summed E-state index contributed by atoms with van der Waals surface area (Å²) in [5.74, 6) is 0.775. The summed E-state index contributed by atoms with van der Waals surface area (Å²) in [6, 6.07) is 8.95. The van der Waals surface area contributed by atoms with Crippen molar-refractivity contribution >= 4 is 16.7 Å². The van der Waals surface area contributed by atoms with E-state index in [1.165, 1.54) is 22.9 Å². The van der Waals surface area contributed by atoms with Crippen LogP contribution < -0.4 is 0 Å². The molecule has 1 saturated carbocycles. The van der Waals surface area contributed by atoms with E-state index in [1.807, 2.05) is 0 Å². The number of para-hydroxylation sites is 1. The first-order valence-electron chi connectivity index (χ1n) is 8.92. The minimum Gasteiger partial charge on any atom is -0.361 e. The third-order valence-electron chi connectivity index (χ3n) is 6.41. The lowest BCUT2D eigenvalue weighted by molar-refractivity contribution is -0.142. The number of hydrogen-bond acceptors (Lipinski definition) is 2. The lowest BCUT2D eigenvalue weighted by atomic mass is 9.61. The van der Waals surface area contributed by atoms with Crippen LogP contribution in [0.5, 0.6) is 0 Å². The van der Waals surface area contributed by atoms with Crippen LogP contribution in [0.1, 0.15) is 38.7 Å². The number of piperidine rings is 2. The Morgan fingerprint density at radius 1 is 1.35 bits per heavy atom. The van der Waals surface area contributed by atoms with Crippen molar-refractivity contribution in [3.8, 4) is 0 Å². The molecule has 1 aromatic carbocycles. The van der Waals surface area contributed by atoms with E-state index in [0.29, 0.717) is 17.2 Å². The Bertz CT molecular complexity index is 734. The predicted octanol–water partition coefficient (Wildman–Crippen LogP) is 3.79. The monoisotopic (exact) mass is 310 g/mol. The van der Waals surface area contributed by atoms with Crippen molar-refractivity contribution in [2.45, 2.75) is 45.6 Å². The highest BCUT2D eigenvalue weighted by Gasteiger charge is 2.50. The number of ketones is 1. The van der Waals surface area contributed by atoms with Crippen LogP contribution >= 0.6 is 0 Å². The van der Waals surface area contributed by atoms with E-state index < -0.39 is 0 Å². The first-order valence-corrected chi connectivity index (χ1v) is 8.92. The van der Waals surface area contributed by atoms with Gasteiger partial charge in [-0.1, -0.05) is 32.0 Å². The fraction of sp³-hybridized carbons (Fsp3) is 0.550. The molecule has 2 aliphatic heterocycles. The summed E-state index contributed by atoms with van der Waals surface area (Å²) in [5.41, 5.74) is 2.93. The van der Waals surface area contributed by atoms with Gasteiger partial charge in [-0.2, -0.15) is 0 Å². The van der Waals surface area contributed by atoms with Gasteiger partial charge < -0.3 is 4.98 Å². The van der Waals surface area contributed by atoms with Crippen LogP contribution in [-0.4, -0.2) is 34.8 Å². The molecule has 0 spiro atoms. The SMILES string of the molecule is CCC1(C)CC2CN(CCc3c[nH]c4ccccc34)C1CC2=O. The van der Waals surface area contributed by atoms with E-state index in [-0.39, 0.29) is 5.92 Å². The molecule has 2 aromatic rings. The van der Waals surface area contributed by atoms with Crippen LogP contribution in [0.15, 0.2) is 30.5 Å². The van der Waals surface area contributed by atoms with Crippen molar-refractivity contribution in [3.63, 3.8) is 0 Å². The lowest BCUT2D eigenvalue weighted by Crippen LogP contribution is -2.61. The summed E-state index contributed by atoms with van der Waals surface area (Å²) >= 11 is 0. The van der Waals surface area contributed by atoms with Gasteiger partial charge in [0.15, 0.2) is 0 Å². The second-order valence-electron chi connectivity index (χ2n) is 7.70. The van der Waals surface area contributed by atoms with Gasteiger partial charge in [-0.25, -0.2) is 0 Å². The number of nitrogens with zero attached hydrogens (tertiary/aromatic N) is 1. The Kier molecular flexibility index (Phi) is 3.56. The Morgan fingerprint density at radius 2 is 2.17 bits per heavy atom. The third-order valence-corrected chi connectivity index (χ3v) is 6.41. The second kappa shape index (κ2) is 5.48. The summed E-state index contributed by atoms with van der Waals surface area (Å²) < 4.78 is 0. The van der Waals surface area contributed by atoms with Gasteiger partial charge in [0, 0.05) is 48.6 Å². The topological polar surface area (TPSA) is 36.1 Å². The average molecular weight is 310 g/mol. The number of carbonyl (C=O) groups excluding carboxylic acids is 1. The smallest absolute Gasteiger partial charge is 0.138 e. The zero-order valence-corrected chi connectivity index (χ0v) is 14.1. The number of rotatable bonds is 4. The highest BCUT2D eigenvalue weighted by molar-refractivity contribution is 5.84. The van der Waals surface area contributed by atoms with Gasteiger partial charge in [-0.3, -0.25) is 9.69 Å². The lowest BCUT2D eigenvalue weighted by Gasteiger charge is -2.55. The summed E-state index contributed by atoms with van der Waals surface area (Å²) in [4.78, 5) is 18.2. The maximum atomic E-state index is 12.2. The Labute approximate surface area is 138 Å². The third kappa shape index (κ3) is 2.42. The summed E-state index contributed by atoms with van der Waals surface area (Å²) in [6.07, 6.45) is 6.24. The van der Waals surface area contributed by atoms with E-state index in [1.54, 1.807) is 0 Å². The Balaban J connectivity index is 1.52. The van der Waals surface area contributed by atoms with E-state index >= 15 is 0 Å². The Morgan fingerprint density at radius 3 is 2.96 bits per heavy atom. The molecule has 3 fully saturated rings. The molecule has 122 valence electrons. The van der Waals surface area contributed by atoms with Crippen LogP contribution in [0.3, 0.4) is 0 Å². The van der Waals surface area contributed by atoms with Crippen LogP contribution in [0.2, 0.25) is 0 Å². The molecule has 3 atom stereocenters. The van der Waals surface area contributed by atoms with E-state index in [0.717, 1.165) is 32.4 Å². The van der Waals surface area contributed by atoms with Crippen molar-refractivity contribution < 1.29 is 4.79 Å². The molecule has 23 heavy (non-hydrogen) atoms. The number of aromatic nitrogens is 1. The van der Waals surface area contributed by atoms with Crippen molar-refractivity contribution in [2.24, 2.45) is 11.3 Å². The van der Waals surface area contributed by atoms with Gasteiger partial charge in [0.05, 0.1) is 0 Å². The number of nitrogens with one attached hydrogen (secondary N) is 1. The van der Waals surface area contributed by atoms with Crippen molar-refractivity contribution in [1.82, 2.24) is 9.88 Å². The molecular weight excluding hydrogens is 284 g/mol. The molecule has 3 nitrogen and oxygen atoms in total. The number of Topliss-reactive ketones (excluding diaryl/α,β-unsaturated/α-hetero) is 1. The predicted molar refractivity (Wildman–Crippen MR) is 93.5 cm³/mol. The quantitative estimate of drug-likeness (QED) is 0.932. The molecule has 5 rings (SSSR count). The van der Waals surface area contributed by atoms with Crippen LogP contribution in [0.25, 0.3) is 10.9 Å². The number of aromatic amines is 1. The molecule has 0 amide bonds. The zero-order valence-electron chi connectivity index (χ0n) is 14.1. The summed E-state index contributed by atoms with van der Waals surface area (Å²) in [7, 11) is 0. The van der Waals surface area contributed by atoms with E-state index in [9.17, 15) is 4.79 Å². The summed E-state index contributed by atoms with van der Waals surface area (Å²) in [6.45, 7) is 6.70. The molecule has 3 unspecified atom stereocenters. The first kappa shape index (κ1) is 14.9. The normalized spacial score (nSPS) is 31.1. The molecule has 2 saturated heterocycles. The average Bonchev–Trinajstić information content (AvgIpc) is 2.98. The standard InChI is InChI=1S/C20H26N2O/c1-3-20(2)11-15-13-22(19(20)10-18(15)23)9-8-14-12-21-17-7-5-4-6-16(14)17/h4-7,12,15,19,21H,3,8-11,13H2,1-2H3. The van der Waals surface area contributed by atoms with Crippen molar-refractivity contribution in [1.29, 1.82) is 0 Å². The number of hydrogen-bond donors (Lipinski definition) is 1. The molecule has 3 heteroatoms. The fourth-order valence-electron chi connectivity index (χ4n) is 4.79. The molecule has 1 N–H and O–H groups in total. The molecule has 1 aromatic heterocycles. The van der Waals surface area contributed by atoms with Crippen LogP contribution in [0.4, 0.5) is 0 Å². The van der Waals surface area contributed by atoms with Gasteiger partial charge in [0.1, 0.15) is 5.78 Å². The van der Waals surface area contributed by atoms with Crippen molar-refractivity contribution in [3.05, 3.63) is 36.0 Å². The van der Waals surface area contributed by atoms with Gasteiger partial charge in [-0.15, -0.1) is 0 Å². The largest absolute Gasteiger partial charge is 0.361 e. The van der Waals surface area contributed by atoms with Gasteiger partial charge >= 0.3 is 0 Å². The van der Waals surface area contributed by atoms with Gasteiger partial charge in [-0.05, 0) is 36.3 Å². The minimum absolute atomic E-state index is 0.271. The highest BCUT2D eigenvalue weighted by atomic mass is 16.1. The van der Waals surface area contributed by atoms with Crippen molar-refractivity contribution in [2.75, 3.05) is 13.1 Å². The Hall–Kier alpha value is -1.61. The number of H-pyrrole nitrogens is 1. The molecule has 3 aliphatic rings. The zero-order chi connectivity index (χ0) is 16.0. The summed E-state index contributed by atoms with van der Waals surface area (Å²) in [5, 5.41) is 1.34.